The monoisotopic (exact) mass is 277 g/mol. The Morgan fingerprint density at radius 1 is 1.42 bits per heavy atom. The molecule has 4 nitrogen and oxygen atoms in total. The van der Waals surface area contributed by atoms with Crippen LogP contribution in [-0.4, -0.2) is 18.1 Å². The molecule has 100 valence electrons. The molecule has 5 heteroatoms. The van der Waals surface area contributed by atoms with Gasteiger partial charge in [-0.05, 0) is 40.9 Å². The normalized spacial score (nSPS) is 10.2. The molecule has 1 amide bonds. The molecule has 0 bridgehead atoms. The van der Waals surface area contributed by atoms with Crippen molar-refractivity contribution < 1.29 is 14.6 Å². The number of nitrogens with one attached hydrogen (secondary N) is 1. The maximum absolute atomic E-state index is 12.0. The number of benzene rings is 1. The molecule has 2 rings (SSSR count). The van der Waals surface area contributed by atoms with E-state index >= 15 is 0 Å². The summed E-state index contributed by atoms with van der Waals surface area (Å²) in [5.74, 6) is -0.161. The summed E-state index contributed by atoms with van der Waals surface area (Å²) < 4.78 is 4.98. The number of carbonyl (C=O) groups excluding carboxylic acids is 1. The zero-order chi connectivity index (χ0) is 13.8. The van der Waals surface area contributed by atoms with Gasteiger partial charge >= 0.3 is 0 Å². The molecule has 0 aliphatic rings. The first-order chi connectivity index (χ1) is 9.13. The van der Waals surface area contributed by atoms with Gasteiger partial charge in [-0.2, -0.15) is 11.3 Å². The maximum atomic E-state index is 12.0. The van der Waals surface area contributed by atoms with Crippen molar-refractivity contribution in [3.63, 3.8) is 0 Å². The van der Waals surface area contributed by atoms with E-state index in [0.717, 1.165) is 11.1 Å². The smallest absolute Gasteiger partial charge is 0.255 e. The second-order valence-corrected chi connectivity index (χ2v) is 4.86. The summed E-state index contributed by atoms with van der Waals surface area (Å²) in [6.07, 6.45) is 0. The number of aryl methyl sites for hydroxylation is 1. The number of phenols is 1. The highest BCUT2D eigenvalue weighted by atomic mass is 32.1. The molecule has 0 atom stereocenters. The lowest BCUT2D eigenvalue weighted by molar-refractivity contribution is 0.0947. The average molecular weight is 277 g/mol. The van der Waals surface area contributed by atoms with Crippen molar-refractivity contribution >= 4 is 17.2 Å². The number of thiophene rings is 1. The topological polar surface area (TPSA) is 58.6 Å². The van der Waals surface area contributed by atoms with E-state index in [9.17, 15) is 9.90 Å². The van der Waals surface area contributed by atoms with Crippen LogP contribution in [-0.2, 0) is 6.54 Å². The van der Waals surface area contributed by atoms with Gasteiger partial charge in [0.1, 0.15) is 0 Å². The first-order valence-corrected chi connectivity index (χ1v) is 6.73. The second kappa shape index (κ2) is 5.75. The molecule has 19 heavy (non-hydrogen) atoms. The Morgan fingerprint density at radius 2 is 2.21 bits per heavy atom. The Bertz CT molecular complexity index is 592. The van der Waals surface area contributed by atoms with Crippen LogP contribution in [0.2, 0.25) is 0 Å². The van der Waals surface area contributed by atoms with Gasteiger partial charge < -0.3 is 15.2 Å². The van der Waals surface area contributed by atoms with Gasteiger partial charge in [0.05, 0.1) is 12.7 Å². The van der Waals surface area contributed by atoms with Gasteiger partial charge in [0, 0.05) is 6.54 Å². The summed E-state index contributed by atoms with van der Waals surface area (Å²) in [5.41, 5.74) is 2.45. The summed E-state index contributed by atoms with van der Waals surface area (Å²) in [5, 5.41) is 16.7. The predicted molar refractivity (Wildman–Crippen MR) is 74.9 cm³/mol. The number of para-hydroxylation sites is 1. The van der Waals surface area contributed by atoms with E-state index in [1.54, 1.807) is 29.5 Å². The number of hydrogen-bond acceptors (Lipinski definition) is 4. The van der Waals surface area contributed by atoms with E-state index in [4.69, 9.17) is 4.74 Å². The van der Waals surface area contributed by atoms with Crippen LogP contribution >= 0.6 is 11.3 Å². The van der Waals surface area contributed by atoms with Gasteiger partial charge in [-0.3, -0.25) is 4.79 Å². The Morgan fingerprint density at radius 3 is 2.84 bits per heavy atom. The molecule has 0 saturated heterocycles. The number of aromatic hydroxyl groups is 1. The fourth-order valence-corrected chi connectivity index (χ4v) is 2.57. The number of methoxy groups -OCH3 is 1. The molecule has 0 fully saturated rings. The van der Waals surface area contributed by atoms with Gasteiger partial charge in [0.2, 0.25) is 0 Å². The minimum absolute atomic E-state index is 0.135. The molecule has 0 radical (unpaired) electrons. The molecule has 2 N–H and O–H groups in total. The van der Waals surface area contributed by atoms with Crippen molar-refractivity contribution in [3.8, 4) is 11.5 Å². The molecule has 1 aromatic heterocycles. The zero-order valence-corrected chi connectivity index (χ0v) is 11.6. The van der Waals surface area contributed by atoms with Crippen LogP contribution in [0, 0.1) is 6.92 Å². The number of amides is 1. The van der Waals surface area contributed by atoms with Gasteiger partial charge in [-0.15, -0.1) is 0 Å². The number of ether oxygens (including phenoxy) is 1. The molecule has 0 aliphatic heterocycles. The van der Waals surface area contributed by atoms with Gasteiger partial charge in [-0.1, -0.05) is 6.07 Å². The third-order valence-corrected chi connectivity index (χ3v) is 3.77. The quantitative estimate of drug-likeness (QED) is 0.903. The fraction of sp³-hybridized carbons (Fsp3) is 0.214. The number of hydrogen-bond donors (Lipinski definition) is 2. The van der Waals surface area contributed by atoms with Gasteiger partial charge in [0.15, 0.2) is 11.5 Å². The molecule has 1 aromatic carbocycles. The Labute approximate surface area is 115 Å². The number of carbonyl (C=O) groups is 1. The summed E-state index contributed by atoms with van der Waals surface area (Å²) in [4.78, 5) is 12.0. The van der Waals surface area contributed by atoms with Crippen LogP contribution in [0.15, 0.2) is 29.0 Å². The molecular weight excluding hydrogens is 262 g/mol. The molecule has 0 aliphatic carbocycles. The van der Waals surface area contributed by atoms with Gasteiger partial charge in [-0.25, -0.2) is 0 Å². The SMILES string of the molecule is COc1cccc(C(=O)NCc2cscc2C)c1O. The van der Waals surface area contributed by atoms with Crippen molar-refractivity contribution in [3.05, 3.63) is 45.6 Å². The van der Waals surface area contributed by atoms with E-state index in [2.05, 4.69) is 5.32 Å². The standard InChI is InChI=1S/C14H15NO3S/c1-9-7-19-8-10(9)6-15-14(17)11-4-3-5-12(18-2)13(11)16/h3-5,7-8,16H,6H2,1-2H3,(H,15,17). The van der Waals surface area contributed by atoms with Crippen molar-refractivity contribution in [2.24, 2.45) is 0 Å². The highest BCUT2D eigenvalue weighted by molar-refractivity contribution is 7.08. The largest absolute Gasteiger partial charge is 0.504 e. The van der Waals surface area contributed by atoms with Crippen LogP contribution in [0.3, 0.4) is 0 Å². The van der Waals surface area contributed by atoms with E-state index in [1.807, 2.05) is 17.7 Å². The molecule has 0 saturated carbocycles. The first kappa shape index (κ1) is 13.4. The Kier molecular flexibility index (Phi) is 4.06. The van der Waals surface area contributed by atoms with Crippen LogP contribution in [0.1, 0.15) is 21.5 Å². The summed E-state index contributed by atoms with van der Waals surface area (Å²) >= 11 is 1.60. The van der Waals surface area contributed by atoms with Gasteiger partial charge in [0.25, 0.3) is 5.91 Å². The number of phenolic OH excluding ortho intramolecular Hbond substituents is 1. The van der Waals surface area contributed by atoms with Crippen molar-refractivity contribution in [1.82, 2.24) is 5.32 Å². The molecule has 2 aromatic rings. The van der Waals surface area contributed by atoms with E-state index in [-0.39, 0.29) is 17.2 Å². The lowest BCUT2D eigenvalue weighted by Gasteiger charge is -2.09. The van der Waals surface area contributed by atoms with Crippen molar-refractivity contribution in [2.75, 3.05) is 7.11 Å². The van der Waals surface area contributed by atoms with E-state index in [0.29, 0.717) is 12.3 Å². The zero-order valence-electron chi connectivity index (χ0n) is 10.8. The fourth-order valence-electron chi connectivity index (χ4n) is 1.71. The highest BCUT2D eigenvalue weighted by Crippen LogP contribution is 2.29. The van der Waals surface area contributed by atoms with Crippen LogP contribution < -0.4 is 10.1 Å². The Hall–Kier alpha value is -2.01. The minimum Gasteiger partial charge on any atom is -0.504 e. The lowest BCUT2D eigenvalue weighted by atomic mass is 10.1. The van der Waals surface area contributed by atoms with Crippen LogP contribution in [0.5, 0.6) is 11.5 Å². The van der Waals surface area contributed by atoms with Crippen LogP contribution in [0.4, 0.5) is 0 Å². The summed E-state index contributed by atoms with van der Waals surface area (Å²) in [6.45, 7) is 2.45. The summed E-state index contributed by atoms with van der Waals surface area (Å²) in [7, 11) is 1.45. The Balaban J connectivity index is 2.10. The first-order valence-electron chi connectivity index (χ1n) is 5.79. The third kappa shape index (κ3) is 2.88. The molecule has 1 heterocycles. The predicted octanol–water partition coefficient (Wildman–Crippen LogP) is 2.70. The van der Waals surface area contributed by atoms with Crippen LogP contribution in [0.25, 0.3) is 0 Å². The molecule has 0 spiro atoms. The highest BCUT2D eigenvalue weighted by Gasteiger charge is 2.14. The number of rotatable bonds is 4. The second-order valence-electron chi connectivity index (χ2n) is 4.12. The lowest BCUT2D eigenvalue weighted by Crippen LogP contribution is -2.23. The minimum atomic E-state index is -0.318. The average Bonchev–Trinajstić information content (AvgIpc) is 2.82. The maximum Gasteiger partial charge on any atom is 0.255 e. The summed E-state index contributed by atoms with van der Waals surface area (Å²) in [6, 6.07) is 4.84. The van der Waals surface area contributed by atoms with E-state index < -0.39 is 0 Å². The van der Waals surface area contributed by atoms with E-state index in [1.165, 1.54) is 7.11 Å². The molecular formula is C14H15NO3S. The third-order valence-electron chi connectivity index (χ3n) is 2.86. The van der Waals surface area contributed by atoms with Crippen molar-refractivity contribution in [2.45, 2.75) is 13.5 Å². The van der Waals surface area contributed by atoms with Crippen molar-refractivity contribution in [1.29, 1.82) is 0 Å². The molecule has 0 unspecified atom stereocenters.